The van der Waals surface area contributed by atoms with Gasteiger partial charge < -0.3 is 29.3 Å². The third kappa shape index (κ3) is 5.25. The number of fused-ring (bicyclic) bond motifs is 12. The first-order valence-electron chi connectivity index (χ1n) is 24.2. The van der Waals surface area contributed by atoms with Crippen molar-refractivity contribution in [3.8, 4) is 34.5 Å². The van der Waals surface area contributed by atoms with Crippen molar-refractivity contribution in [2.24, 2.45) is 0 Å². The predicted octanol–water partition coefficient (Wildman–Crippen LogP) is 9.03. The summed E-state index contributed by atoms with van der Waals surface area (Å²) in [5.41, 5.74) is 27.3. The fraction of sp³-hybridized carbons (Fsp3) is 0.100. The Morgan fingerprint density at radius 1 is 0.333 bits per heavy atom. The van der Waals surface area contributed by atoms with Crippen molar-refractivity contribution in [1.82, 2.24) is 0 Å². The number of hydrogen-bond donors (Lipinski definition) is 1. The Bertz CT molecular complexity index is 3780. The van der Waals surface area contributed by atoms with E-state index >= 15 is 0 Å². The van der Waals surface area contributed by atoms with Crippen LogP contribution in [0, 0.1) is 41.5 Å². The van der Waals surface area contributed by atoms with E-state index in [1.165, 1.54) is 99.8 Å². The highest BCUT2D eigenvalue weighted by atomic mass is 16.5. The summed E-state index contributed by atoms with van der Waals surface area (Å²) in [5, 5.41) is 3.84. The maximum atomic E-state index is 7.20. The van der Waals surface area contributed by atoms with E-state index in [9.17, 15) is 0 Å². The second-order valence-electron chi connectivity index (χ2n) is 20.0. The van der Waals surface area contributed by atoms with E-state index in [0.29, 0.717) is 0 Å². The first-order chi connectivity index (χ1) is 33.7. The number of benzene rings is 9. The summed E-state index contributed by atoms with van der Waals surface area (Å²) in [6.45, 7) is 13.2. The maximum absolute atomic E-state index is 7.20. The number of aryl methyl sites for hydroxylation is 6. The molecule has 0 radical (unpaired) electrons. The number of rotatable bonds is 2. The molecule has 15 rings (SSSR count). The molecule has 1 N–H and O–H groups in total. The highest BCUT2D eigenvalue weighted by Crippen LogP contribution is 2.49. The van der Waals surface area contributed by atoms with Gasteiger partial charge in [0.1, 0.15) is 34.5 Å². The lowest BCUT2D eigenvalue weighted by atomic mass is 9.29. The van der Waals surface area contributed by atoms with Crippen LogP contribution in [0.3, 0.4) is 0 Å². The van der Waals surface area contributed by atoms with Crippen LogP contribution in [0.4, 0.5) is 45.5 Å². The van der Waals surface area contributed by atoms with Gasteiger partial charge in [-0.1, -0.05) is 102 Å². The van der Waals surface area contributed by atoms with Crippen LogP contribution in [0.5, 0.6) is 34.5 Å². The average Bonchev–Trinajstić information content (AvgIpc) is 3.33. The van der Waals surface area contributed by atoms with Gasteiger partial charge in [0.15, 0.2) is 0 Å². The van der Waals surface area contributed by atoms with Crippen LogP contribution in [-0.2, 0) is 0 Å². The van der Waals surface area contributed by atoms with Crippen molar-refractivity contribution in [2.75, 3.05) is 15.1 Å². The molecule has 0 atom stereocenters. The summed E-state index contributed by atoms with van der Waals surface area (Å²) in [5.74, 6) is 5.35. The zero-order valence-corrected chi connectivity index (χ0v) is 39.3. The lowest BCUT2D eigenvalue weighted by Gasteiger charge is -2.45. The Morgan fingerprint density at radius 2 is 0.768 bits per heavy atom. The van der Waals surface area contributed by atoms with Gasteiger partial charge in [0, 0.05) is 40.2 Å². The monoisotopic (exact) mass is 887 g/mol. The Morgan fingerprint density at radius 3 is 1.32 bits per heavy atom. The molecule has 0 aromatic heterocycles. The summed E-state index contributed by atoms with van der Waals surface area (Å²) in [7, 11) is 0. The zero-order valence-electron chi connectivity index (χ0n) is 39.3. The van der Waals surface area contributed by atoms with E-state index in [-0.39, 0.29) is 20.1 Å². The normalized spacial score (nSPS) is 14.3. The molecule has 6 heterocycles. The number of ether oxygens (including phenoxy) is 3. The summed E-state index contributed by atoms with van der Waals surface area (Å²) in [4.78, 5) is 5.10. The Hall–Kier alpha value is -8.03. The van der Waals surface area contributed by atoms with Gasteiger partial charge >= 0.3 is 0 Å². The molecule has 9 aromatic rings. The van der Waals surface area contributed by atoms with Crippen LogP contribution in [0.1, 0.15) is 33.4 Å². The van der Waals surface area contributed by atoms with Crippen molar-refractivity contribution in [1.29, 1.82) is 0 Å². The molecule has 0 spiro atoms. The molecular weight excluding hydrogens is 843 g/mol. The SMILES string of the molecule is Cc1cc(C)c(N2c3cc4c(cc3B3c5ccccc5Oc5cccc2c53)B2c3cc5c(cc3Oc3cccc(c32)N4c2c(C)cc(C)cc2C)Nc2cccc3c2B5c2ccccc2O3)c(C)c1. The van der Waals surface area contributed by atoms with Crippen molar-refractivity contribution in [3.05, 3.63) is 185 Å². The summed E-state index contributed by atoms with van der Waals surface area (Å²) < 4.78 is 20.7. The largest absolute Gasteiger partial charge is 0.458 e. The number of hydrogen-bond acceptors (Lipinski definition) is 6. The van der Waals surface area contributed by atoms with Crippen molar-refractivity contribution >= 4 is 115 Å². The molecule has 0 amide bonds. The Balaban J connectivity index is 1.05. The minimum atomic E-state index is -0.150. The van der Waals surface area contributed by atoms with Crippen LogP contribution >= 0.6 is 0 Å². The number of nitrogens with zero attached hydrogens (tertiary/aromatic N) is 2. The third-order valence-corrected chi connectivity index (χ3v) is 15.7. The van der Waals surface area contributed by atoms with Gasteiger partial charge in [-0.05, 0) is 168 Å². The molecule has 9 aromatic carbocycles. The minimum Gasteiger partial charge on any atom is -0.458 e. The first kappa shape index (κ1) is 39.0. The van der Waals surface area contributed by atoms with Gasteiger partial charge in [-0.25, -0.2) is 0 Å². The number of para-hydroxylation sites is 2. The topological polar surface area (TPSA) is 46.2 Å². The van der Waals surface area contributed by atoms with Gasteiger partial charge in [-0.3, -0.25) is 0 Å². The van der Waals surface area contributed by atoms with Crippen LogP contribution in [0.25, 0.3) is 0 Å². The molecule has 326 valence electrons. The second kappa shape index (κ2) is 13.8. The van der Waals surface area contributed by atoms with Crippen molar-refractivity contribution in [2.45, 2.75) is 41.5 Å². The standard InChI is InChI=1S/C60H44B3N3O3/c1-32-24-34(3)59(35(4)25-32)65-46-17-12-22-53-57(46)62(39-15-8-10-20-51(39)68-53)41-29-42-49(31-48(41)65)66(60-36(5)26-33(2)27-37(60)6)47-18-13-23-54-58(47)63(42)43-28-40-45(30-55(43)69-54)64-44-16-11-21-52-56(44)61(40)38-14-7-9-19-50(38)67-52/h7-31,64H,1-6H3. The van der Waals surface area contributed by atoms with Crippen LogP contribution < -0.4 is 78.5 Å². The van der Waals surface area contributed by atoms with E-state index in [2.05, 4.69) is 208 Å². The molecule has 69 heavy (non-hydrogen) atoms. The number of nitrogens with one attached hydrogen (secondary N) is 1. The molecule has 9 heteroatoms. The van der Waals surface area contributed by atoms with Crippen LogP contribution in [0.2, 0.25) is 0 Å². The number of anilines is 8. The molecular formula is C60H44B3N3O3. The van der Waals surface area contributed by atoms with E-state index in [4.69, 9.17) is 14.2 Å². The molecule has 0 unspecified atom stereocenters. The smallest absolute Gasteiger partial charge is 0.256 e. The van der Waals surface area contributed by atoms with Crippen molar-refractivity contribution in [3.63, 3.8) is 0 Å². The third-order valence-electron chi connectivity index (χ3n) is 15.7. The van der Waals surface area contributed by atoms with Crippen LogP contribution in [0.15, 0.2) is 152 Å². The quantitative estimate of drug-likeness (QED) is 0.175. The summed E-state index contributed by atoms with van der Waals surface area (Å²) in [6.07, 6.45) is 0. The molecule has 6 aliphatic rings. The first-order valence-corrected chi connectivity index (χ1v) is 24.2. The molecule has 0 saturated heterocycles. The average molecular weight is 887 g/mol. The summed E-state index contributed by atoms with van der Waals surface area (Å²) >= 11 is 0. The highest BCUT2D eigenvalue weighted by Gasteiger charge is 2.49. The lowest BCUT2D eigenvalue weighted by Crippen LogP contribution is -2.65. The van der Waals surface area contributed by atoms with Gasteiger partial charge in [0.2, 0.25) is 0 Å². The fourth-order valence-corrected chi connectivity index (χ4v) is 13.3. The van der Waals surface area contributed by atoms with Crippen molar-refractivity contribution < 1.29 is 14.2 Å². The molecule has 0 saturated carbocycles. The Kier molecular flexibility index (Phi) is 7.80. The Labute approximate surface area is 403 Å². The zero-order chi connectivity index (χ0) is 46.1. The van der Waals surface area contributed by atoms with Gasteiger partial charge in [0.05, 0.1) is 11.4 Å². The molecule has 6 aliphatic heterocycles. The highest BCUT2D eigenvalue weighted by molar-refractivity contribution is 7.03. The van der Waals surface area contributed by atoms with E-state index < -0.39 is 0 Å². The summed E-state index contributed by atoms with van der Waals surface area (Å²) in [6, 6.07) is 55.9. The van der Waals surface area contributed by atoms with Gasteiger partial charge in [-0.2, -0.15) is 0 Å². The second-order valence-corrected chi connectivity index (χ2v) is 20.0. The van der Waals surface area contributed by atoms with E-state index in [0.717, 1.165) is 62.7 Å². The van der Waals surface area contributed by atoms with E-state index in [1.54, 1.807) is 0 Å². The lowest BCUT2D eigenvalue weighted by molar-refractivity contribution is 0.487. The maximum Gasteiger partial charge on any atom is 0.256 e. The fourth-order valence-electron chi connectivity index (χ4n) is 13.3. The molecule has 0 bridgehead atoms. The van der Waals surface area contributed by atoms with Crippen LogP contribution in [-0.4, -0.2) is 20.1 Å². The molecule has 6 nitrogen and oxygen atoms in total. The molecule has 0 fully saturated rings. The molecule has 0 aliphatic carbocycles. The predicted molar refractivity (Wildman–Crippen MR) is 287 cm³/mol. The van der Waals surface area contributed by atoms with E-state index in [1.807, 2.05) is 0 Å². The van der Waals surface area contributed by atoms with Gasteiger partial charge in [0.25, 0.3) is 20.1 Å². The minimum absolute atomic E-state index is 0.0245. The van der Waals surface area contributed by atoms with Gasteiger partial charge in [-0.15, -0.1) is 0 Å².